The van der Waals surface area contributed by atoms with Crippen molar-refractivity contribution in [2.45, 2.75) is 6.92 Å². The van der Waals surface area contributed by atoms with Crippen molar-refractivity contribution in [3.63, 3.8) is 0 Å². The van der Waals surface area contributed by atoms with Crippen molar-refractivity contribution < 1.29 is 15.3 Å². The molecule has 0 amide bonds. The van der Waals surface area contributed by atoms with Crippen molar-refractivity contribution in [3.8, 4) is 17.2 Å². The van der Waals surface area contributed by atoms with Crippen LogP contribution in [0.25, 0.3) is 6.08 Å². The van der Waals surface area contributed by atoms with Crippen molar-refractivity contribution in [2.75, 3.05) is 0 Å². The second-order valence-electron chi connectivity index (χ2n) is 2.33. The molecular weight excluding hydrogens is 194 g/mol. The molecule has 0 saturated heterocycles. The van der Waals surface area contributed by atoms with Crippen molar-refractivity contribution in [2.24, 2.45) is 0 Å². The first-order chi connectivity index (χ1) is 5.57. The monoisotopic (exact) mass is 203 g/mol. The molecule has 0 aliphatic rings. The third-order valence-corrected chi connectivity index (χ3v) is 1.52. The van der Waals surface area contributed by atoms with E-state index in [1.165, 1.54) is 13.0 Å². The normalized spacial score (nSPS) is 9.00. The zero-order valence-corrected chi connectivity index (χ0v) is 7.80. The molecule has 0 fully saturated rings. The van der Waals surface area contributed by atoms with E-state index in [4.69, 9.17) is 15.3 Å². The van der Waals surface area contributed by atoms with Gasteiger partial charge in [-0.3, -0.25) is 0 Å². The van der Waals surface area contributed by atoms with Gasteiger partial charge in [0.1, 0.15) is 5.69 Å². The van der Waals surface area contributed by atoms with Crippen LogP contribution in [0.2, 0.25) is 0 Å². The van der Waals surface area contributed by atoms with E-state index in [0.29, 0.717) is 0 Å². The van der Waals surface area contributed by atoms with Crippen molar-refractivity contribution in [3.05, 3.63) is 18.0 Å². The number of aromatic nitrogens is 1. The molecule has 0 bridgehead atoms. The molecule has 13 heavy (non-hydrogen) atoms. The van der Waals surface area contributed by atoms with E-state index >= 15 is 0 Å². The Bertz CT molecular complexity index is 339. The standard InChI is InChI=1S/C8H9NO3.ClH/c1-3-5-7(11)8(12)6(10)4(2)9-5;/h3,10-11H,1H2,2H3,(H,9,12);1H. The fourth-order valence-corrected chi connectivity index (χ4v) is 0.834. The number of halogens is 1. The molecule has 0 aliphatic carbocycles. The summed E-state index contributed by atoms with van der Waals surface area (Å²) >= 11 is 0. The summed E-state index contributed by atoms with van der Waals surface area (Å²) < 4.78 is 0. The maximum atomic E-state index is 9.16. The van der Waals surface area contributed by atoms with Crippen LogP contribution in [0.5, 0.6) is 17.2 Å². The van der Waals surface area contributed by atoms with Crippen LogP contribution in [-0.4, -0.2) is 20.3 Å². The smallest absolute Gasteiger partial charge is 0.204 e. The number of hydrogen-bond donors (Lipinski definition) is 3. The summed E-state index contributed by atoms with van der Waals surface area (Å²) in [6.45, 7) is 4.90. The average molecular weight is 204 g/mol. The second kappa shape index (κ2) is 4.00. The summed E-state index contributed by atoms with van der Waals surface area (Å²) in [7, 11) is 0. The van der Waals surface area contributed by atoms with E-state index < -0.39 is 17.2 Å². The van der Waals surface area contributed by atoms with Gasteiger partial charge >= 0.3 is 0 Å². The number of rotatable bonds is 1. The first-order valence-electron chi connectivity index (χ1n) is 3.31. The fourth-order valence-electron chi connectivity index (χ4n) is 0.834. The summed E-state index contributed by atoms with van der Waals surface area (Å²) in [6.07, 6.45) is 1.29. The van der Waals surface area contributed by atoms with Gasteiger partial charge in [-0.15, -0.1) is 12.4 Å². The Labute approximate surface area is 81.6 Å². The fraction of sp³-hybridized carbons (Fsp3) is 0.125. The lowest BCUT2D eigenvalue weighted by molar-refractivity contribution is 0.362. The van der Waals surface area contributed by atoms with Gasteiger partial charge in [0.15, 0.2) is 11.5 Å². The van der Waals surface area contributed by atoms with Crippen molar-refractivity contribution in [1.82, 2.24) is 4.98 Å². The molecule has 1 rings (SSSR count). The molecule has 0 aliphatic heterocycles. The molecule has 1 aromatic heterocycles. The average Bonchev–Trinajstić information content (AvgIpc) is 2.08. The lowest BCUT2D eigenvalue weighted by atomic mass is 10.2. The zero-order valence-electron chi connectivity index (χ0n) is 6.98. The van der Waals surface area contributed by atoms with E-state index in [9.17, 15) is 0 Å². The van der Waals surface area contributed by atoms with Gasteiger partial charge in [0.25, 0.3) is 0 Å². The summed E-state index contributed by atoms with van der Waals surface area (Å²) in [5.74, 6) is -1.41. The minimum Gasteiger partial charge on any atom is -0.503 e. The highest BCUT2D eigenvalue weighted by Gasteiger charge is 2.13. The Morgan fingerprint density at radius 2 is 1.69 bits per heavy atom. The number of nitrogens with zero attached hydrogens (tertiary/aromatic N) is 1. The van der Waals surface area contributed by atoms with Gasteiger partial charge in [-0.1, -0.05) is 6.58 Å². The molecule has 3 N–H and O–H groups in total. The number of hydrogen-bond acceptors (Lipinski definition) is 4. The molecule has 0 aromatic carbocycles. The first kappa shape index (κ1) is 11.6. The van der Waals surface area contributed by atoms with Crippen LogP contribution >= 0.6 is 12.4 Å². The van der Waals surface area contributed by atoms with Crippen LogP contribution in [-0.2, 0) is 0 Å². The van der Waals surface area contributed by atoms with Crippen molar-refractivity contribution >= 4 is 18.5 Å². The molecule has 0 atom stereocenters. The molecule has 5 heteroatoms. The molecule has 1 aromatic rings. The van der Waals surface area contributed by atoms with Gasteiger partial charge in [-0.25, -0.2) is 4.98 Å². The van der Waals surface area contributed by atoms with Crippen LogP contribution in [0.3, 0.4) is 0 Å². The van der Waals surface area contributed by atoms with Crippen molar-refractivity contribution in [1.29, 1.82) is 0 Å². The van der Waals surface area contributed by atoms with Gasteiger partial charge in [-0.05, 0) is 13.0 Å². The third-order valence-electron chi connectivity index (χ3n) is 1.52. The Hall–Kier alpha value is -1.42. The van der Waals surface area contributed by atoms with E-state index in [0.717, 1.165) is 0 Å². The van der Waals surface area contributed by atoms with E-state index in [2.05, 4.69) is 11.6 Å². The van der Waals surface area contributed by atoms with Gasteiger partial charge in [-0.2, -0.15) is 0 Å². The third kappa shape index (κ3) is 1.84. The summed E-state index contributed by atoms with van der Waals surface area (Å²) in [4.78, 5) is 3.77. The predicted octanol–water partition coefficient (Wildman–Crippen LogP) is 1.57. The van der Waals surface area contributed by atoms with Gasteiger partial charge < -0.3 is 15.3 Å². The SMILES string of the molecule is C=Cc1nc(C)c(O)c(O)c1O.Cl. The lowest BCUT2D eigenvalue weighted by Crippen LogP contribution is -1.88. The number of aromatic hydroxyl groups is 3. The Morgan fingerprint density at radius 1 is 1.15 bits per heavy atom. The molecule has 0 spiro atoms. The molecule has 0 saturated carbocycles. The predicted molar refractivity (Wildman–Crippen MR) is 51.3 cm³/mol. The Morgan fingerprint density at radius 3 is 2.15 bits per heavy atom. The molecule has 72 valence electrons. The number of aryl methyl sites for hydroxylation is 1. The summed E-state index contributed by atoms with van der Waals surface area (Å²) in [5, 5.41) is 27.4. The highest BCUT2D eigenvalue weighted by Crippen LogP contribution is 2.38. The van der Waals surface area contributed by atoms with Crippen LogP contribution in [0.4, 0.5) is 0 Å². The quantitative estimate of drug-likeness (QED) is 0.648. The van der Waals surface area contributed by atoms with Crippen LogP contribution in [0.15, 0.2) is 6.58 Å². The molecule has 0 unspecified atom stereocenters. The highest BCUT2D eigenvalue weighted by molar-refractivity contribution is 5.85. The molecule has 0 radical (unpaired) electrons. The number of pyridine rings is 1. The van der Waals surface area contributed by atoms with Crippen LogP contribution in [0.1, 0.15) is 11.4 Å². The van der Waals surface area contributed by atoms with Crippen LogP contribution < -0.4 is 0 Å². The maximum Gasteiger partial charge on any atom is 0.204 e. The lowest BCUT2D eigenvalue weighted by Gasteiger charge is -2.05. The summed E-state index contributed by atoms with van der Waals surface area (Å²) in [5.41, 5.74) is 0.406. The molecule has 4 nitrogen and oxygen atoms in total. The largest absolute Gasteiger partial charge is 0.503 e. The highest BCUT2D eigenvalue weighted by atomic mass is 35.5. The zero-order chi connectivity index (χ0) is 9.30. The minimum atomic E-state index is -0.558. The maximum absolute atomic E-state index is 9.16. The molecule has 1 heterocycles. The van der Waals surface area contributed by atoms with E-state index in [-0.39, 0.29) is 23.8 Å². The first-order valence-corrected chi connectivity index (χ1v) is 3.31. The molecular formula is C8H10ClNO3. The van der Waals surface area contributed by atoms with Gasteiger partial charge in [0.2, 0.25) is 5.75 Å². The van der Waals surface area contributed by atoms with Crippen LogP contribution in [0, 0.1) is 6.92 Å². The van der Waals surface area contributed by atoms with Gasteiger partial charge in [0.05, 0.1) is 5.69 Å². The van der Waals surface area contributed by atoms with E-state index in [1.54, 1.807) is 0 Å². The Kier molecular flexibility index (Phi) is 3.56. The Balaban J connectivity index is 0.00000144. The van der Waals surface area contributed by atoms with Gasteiger partial charge in [0, 0.05) is 0 Å². The van der Waals surface area contributed by atoms with E-state index in [1.807, 2.05) is 0 Å². The second-order valence-corrected chi connectivity index (χ2v) is 2.33. The summed E-state index contributed by atoms with van der Waals surface area (Å²) in [6, 6.07) is 0. The minimum absolute atomic E-state index is 0. The topological polar surface area (TPSA) is 73.6 Å².